The van der Waals surface area contributed by atoms with Crippen molar-refractivity contribution in [2.24, 2.45) is 0 Å². The summed E-state index contributed by atoms with van der Waals surface area (Å²) in [7, 11) is 0. The zero-order chi connectivity index (χ0) is 10.8. The first kappa shape index (κ1) is 10.7. The minimum absolute atomic E-state index is 0.455. The summed E-state index contributed by atoms with van der Waals surface area (Å²) in [5, 5.41) is 11.4. The summed E-state index contributed by atoms with van der Waals surface area (Å²) in [6.45, 7) is 5.48. The van der Waals surface area contributed by atoms with E-state index in [1.807, 2.05) is 20.8 Å². The standard InChI is InChI=1S/C10H14N2O2/c1-10(2,3)12(14)8-9-4-6-11(13)7-5-9/h4-8H,1-3H3. The average molecular weight is 194 g/mol. The molecular weight excluding hydrogens is 180 g/mol. The highest BCUT2D eigenvalue weighted by molar-refractivity contribution is 5.32. The van der Waals surface area contributed by atoms with Crippen molar-refractivity contribution in [3.8, 4) is 0 Å². The van der Waals surface area contributed by atoms with Gasteiger partial charge in [0.05, 0.1) is 0 Å². The zero-order valence-corrected chi connectivity index (χ0v) is 8.60. The largest absolute Gasteiger partial charge is 0.755 e. The Hall–Kier alpha value is -1.42. The molecule has 14 heavy (non-hydrogen) atoms. The van der Waals surface area contributed by atoms with E-state index in [9.17, 15) is 10.1 Å². The SMILES string of the molecule is CC(C)(C)[N+](=O)C=C1C=CN([O-])C=C1. The Morgan fingerprint density at radius 1 is 1.36 bits per heavy atom. The third kappa shape index (κ3) is 2.81. The first-order chi connectivity index (χ1) is 6.39. The van der Waals surface area contributed by atoms with Crippen molar-refractivity contribution in [3.05, 3.63) is 46.4 Å². The molecule has 4 nitrogen and oxygen atoms in total. The van der Waals surface area contributed by atoms with Crippen LogP contribution in [0.25, 0.3) is 0 Å². The molecule has 0 saturated heterocycles. The van der Waals surface area contributed by atoms with E-state index in [1.165, 1.54) is 18.6 Å². The van der Waals surface area contributed by atoms with Gasteiger partial charge in [-0.3, -0.25) is 0 Å². The maximum Gasteiger partial charge on any atom is 0.228 e. The third-order valence-electron chi connectivity index (χ3n) is 1.76. The van der Waals surface area contributed by atoms with Gasteiger partial charge in [-0.1, -0.05) is 0 Å². The molecule has 0 aromatic rings. The van der Waals surface area contributed by atoms with E-state index >= 15 is 0 Å². The van der Waals surface area contributed by atoms with E-state index in [1.54, 1.807) is 12.2 Å². The quantitative estimate of drug-likeness (QED) is 0.601. The third-order valence-corrected chi connectivity index (χ3v) is 1.76. The molecule has 0 saturated carbocycles. The smallest absolute Gasteiger partial charge is 0.228 e. The lowest BCUT2D eigenvalue weighted by Crippen LogP contribution is -2.26. The normalized spacial score (nSPS) is 16.0. The van der Waals surface area contributed by atoms with Crippen LogP contribution >= 0.6 is 0 Å². The first-order valence-corrected chi connectivity index (χ1v) is 4.40. The van der Waals surface area contributed by atoms with Gasteiger partial charge in [0.2, 0.25) is 11.7 Å². The zero-order valence-electron chi connectivity index (χ0n) is 8.60. The van der Waals surface area contributed by atoms with Crippen LogP contribution in [-0.4, -0.2) is 15.4 Å². The van der Waals surface area contributed by atoms with Gasteiger partial charge in [-0.15, -0.1) is 0 Å². The Morgan fingerprint density at radius 3 is 2.29 bits per heavy atom. The molecule has 0 amide bonds. The second-order valence-electron chi connectivity index (χ2n) is 4.12. The highest BCUT2D eigenvalue weighted by Crippen LogP contribution is 2.12. The van der Waals surface area contributed by atoms with E-state index < -0.39 is 5.54 Å². The van der Waals surface area contributed by atoms with E-state index in [2.05, 4.69) is 0 Å². The van der Waals surface area contributed by atoms with Gasteiger partial charge in [-0.25, -0.2) is 0 Å². The molecule has 0 aromatic carbocycles. The van der Waals surface area contributed by atoms with Crippen molar-refractivity contribution < 1.29 is 4.76 Å². The number of rotatable bonds is 1. The molecule has 4 heteroatoms. The van der Waals surface area contributed by atoms with Crippen molar-refractivity contribution >= 4 is 0 Å². The Kier molecular flexibility index (Phi) is 2.86. The first-order valence-electron chi connectivity index (χ1n) is 4.40. The molecule has 0 atom stereocenters. The maximum atomic E-state index is 11.5. The van der Waals surface area contributed by atoms with Gasteiger partial charge < -0.3 is 10.3 Å². The fourth-order valence-corrected chi connectivity index (χ4v) is 0.839. The number of nitroso groups, excluding NO2 is 1. The van der Waals surface area contributed by atoms with E-state index in [-0.39, 0.29) is 0 Å². The van der Waals surface area contributed by atoms with Crippen LogP contribution < -0.4 is 0 Å². The molecule has 0 bridgehead atoms. The summed E-state index contributed by atoms with van der Waals surface area (Å²) in [6, 6.07) is 0. The van der Waals surface area contributed by atoms with Crippen molar-refractivity contribution in [1.29, 1.82) is 0 Å². The Bertz CT molecular complexity index is 306. The Balaban J connectivity index is 2.77. The van der Waals surface area contributed by atoms with E-state index in [0.29, 0.717) is 5.06 Å². The van der Waals surface area contributed by atoms with Gasteiger partial charge in [-0.2, -0.15) is 0 Å². The Labute approximate surface area is 83.4 Å². The van der Waals surface area contributed by atoms with Crippen LogP contribution in [0.1, 0.15) is 20.8 Å². The summed E-state index contributed by atoms with van der Waals surface area (Å²) < 4.78 is 0.872. The molecule has 1 heterocycles. The van der Waals surface area contributed by atoms with Crippen molar-refractivity contribution in [2.45, 2.75) is 26.3 Å². The fraction of sp³-hybridized carbons (Fsp3) is 0.400. The molecule has 0 unspecified atom stereocenters. The minimum Gasteiger partial charge on any atom is -0.755 e. The summed E-state index contributed by atoms with van der Waals surface area (Å²) >= 11 is 0. The lowest BCUT2D eigenvalue weighted by molar-refractivity contribution is -0.555. The predicted octanol–water partition coefficient (Wildman–Crippen LogP) is 2.29. The minimum atomic E-state index is -0.455. The summed E-state index contributed by atoms with van der Waals surface area (Å²) in [4.78, 5) is 11.5. The highest BCUT2D eigenvalue weighted by atomic mass is 16.5. The number of allylic oxidation sites excluding steroid dienone is 3. The van der Waals surface area contributed by atoms with Gasteiger partial charge >= 0.3 is 0 Å². The predicted molar refractivity (Wildman–Crippen MR) is 54.9 cm³/mol. The van der Waals surface area contributed by atoms with Crippen LogP contribution in [-0.2, 0) is 0 Å². The molecule has 0 aromatic heterocycles. The highest BCUT2D eigenvalue weighted by Gasteiger charge is 2.27. The monoisotopic (exact) mass is 194 g/mol. The molecule has 1 rings (SSSR count). The van der Waals surface area contributed by atoms with Crippen molar-refractivity contribution in [2.75, 3.05) is 0 Å². The van der Waals surface area contributed by atoms with Crippen molar-refractivity contribution in [3.63, 3.8) is 0 Å². The number of hydrogen-bond acceptors (Lipinski definition) is 3. The molecule has 0 fully saturated rings. The molecule has 0 N–H and O–H groups in total. The molecule has 1 aliphatic heterocycles. The Morgan fingerprint density at radius 2 is 1.86 bits per heavy atom. The van der Waals surface area contributed by atoms with E-state index in [4.69, 9.17) is 0 Å². The molecular formula is C10H14N2O2. The topological polar surface area (TPSA) is 46.4 Å². The number of hydroxylamine groups is 2. The second-order valence-corrected chi connectivity index (χ2v) is 4.12. The van der Waals surface area contributed by atoms with Gasteiger partial charge in [0.1, 0.15) is 0 Å². The molecule has 0 radical (unpaired) electrons. The van der Waals surface area contributed by atoms with Gasteiger partial charge in [-0.05, 0) is 24.6 Å². The van der Waals surface area contributed by atoms with Crippen LogP contribution in [0.4, 0.5) is 0 Å². The molecule has 0 spiro atoms. The van der Waals surface area contributed by atoms with Gasteiger partial charge in [0.25, 0.3) is 0 Å². The fourth-order valence-electron chi connectivity index (χ4n) is 0.839. The van der Waals surface area contributed by atoms with Crippen molar-refractivity contribution in [1.82, 2.24) is 5.06 Å². The van der Waals surface area contributed by atoms with Gasteiger partial charge in [0.15, 0.2) is 0 Å². The maximum absolute atomic E-state index is 11.5. The van der Waals surface area contributed by atoms with Crippen LogP contribution in [0.2, 0.25) is 0 Å². The summed E-state index contributed by atoms with van der Waals surface area (Å²) in [5.74, 6) is 0. The van der Waals surface area contributed by atoms with Crippen LogP contribution in [0, 0.1) is 10.1 Å². The molecule has 0 aliphatic carbocycles. The lowest BCUT2D eigenvalue weighted by atomic mass is 10.1. The number of hydrogen-bond donors (Lipinski definition) is 0. The summed E-state index contributed by atoms with van der Waals surface area (Å²) in [6.07, 6.45) is 7.40. The molecule has 1 aliphatic rings. The van der Waals surface area contributed by atoms with Crippen LogP contribution in [0.3, 0.4) is 0 Å². The van der Waals surface area contributed by atoms with Crippen LogP contribution in [0.15, 0.2) is 36.3 Å². The lowest BCUT2D eigenvalue weighted by Gasteiger charge is -2.22. The number of nitrogens with zero attached hydrogens (tertiary/aromatic N) is 2. The summed E-state index contributed by atoms with van der Waals surface area (Å²) in [5.41, 5.74) is 0.269. The second kappa shape index (κ2) is 3.75. The van der Waals surface area contributed by atoms with Gasteiger partial charge in [0, 0.05) is 36.0 Å². The average Bonchev–Trinajstić information content (AvgIpc) is 2.07. The van der Waals surface area contributed by atoms with E-state index in [0.717, 1.165) is 10.3 Å². The molecule has 76 valence electrons. The van der Waals surface area contributed by atoms with Crippen LogP contribution in [0.5, 0.6) is 0 Å².